The molecule has 0 saturated heterocycles. The summed E-state index contributed by atoms with van der Waals surface area (Å²) in [6.45, 7) is 11.8. The Balaban J connectivity index is 2.04. The number of aromatic nitrogens is 1. The first-order valence-corrected chi connectivity index (χ1v) is 8.94. The van der Waals surface area contributed by atoms with Crippen molar-refractivity contribution in [1.82, 2.24) is 15.2 Å². The van der Waals surface area contributed by atoms with Gasteiger partial charge in [0.05, 0.1) is 6.54 Å². The summed E-state index contributed by atoms with van der Waals surface area (Å²) < 4.78 is 5.53. The van der Waals surface area contributed by atoms with Gasteiger partial charge < -0.3 is 9.73 Å². The lowest BCUT2D eigenvalue weighted by Crippen LogP contribution is -2.32. The molecule has 1 atom stereocenters. The summed E-state index contributed by atoms with van der Waals surface area (Å²) >= 11 is 0. The van der Waals surface area contributed by atoms with E-state index in [1.807, 2.05) is 13.8 Å². The minimum atomic E-state index is -0.181. The number of amides is 1. The Labute approximate surface area is 150 Å². The summed E-state index contributed by atoms with van der Waals surface area (Å²) in [6, 6.07) is 8.95. The summed E-state index contributed by atoms with van der Waals surface area (Å²) in [7, 11) is 0. The molecule has 5 nitrogen and oxygen atoms in total. The monoisotopic (exact) mass is 343 g/mol. The summed E-state index contributed by atoms with van der Waals surface area (Å²) in [5.41, 5.74) is 2.85. The number of aryl methyl sites for hydroxylation is 1. The maximum absolute atomic E-state index is 12.1. The highest BCUT2D eigenvalue weighted by Gasteiger charge is 2.17. The van der Waals surface area contributed by atoms with Crippen LogP contribution in [0.3, 0.4) is 0 Å². The molecule has 0 aliphatic rings. The zero-order chi connectivity index (χ0) is 18.4. The van der Waals surface area contributed by atoms with Crippen LogP contribution < -0.4 is 5.32 Å². The first-order valence-electron chi connectivity index (χ1n) is 8.94. The topological polar surface area (TPSA) is 58.4 Å². The highest BCUT2D eigenvalue weighted by atomic mass is 16.3. The number of rotatable bonds is 8. The number of carbonyl (C=O) groups is 1. The van der Waals surface area contributed by atoms with Crippen LogP contribution in [0.1, 0.15) is 61.6 Å². The molecule has 1 aromatic carbocycles. The molecule has 25 heavy (non-hydrogen) atoms. The summed E-state index contributed by atoms with van der Waals surface area (Å²) in [6.07, 6.45) is 2.33. The van der Waals surface area contributed by atoms with Crippen LogP contribution in [0.5, 0.6) is 0 Å². The zero-order valence-electron chi connectivity index (χ0n) is 15.9. The molecule has 136 valence electrons. The summed E-state index contributed by atoms with van der Waals surface area (Å²) in [5, 5.41) is 2.91. The second-order valence-corrected chi connectivity index (χ2v) is 6.90. The third kappa shape index (κ3) is 5.71. The molecule has 0 radical (unpaired) electrons. The predicted octanol–water partition coefficient (Wildman–Crippen LogP) is 3.92. The maximum atomic E-state index is 12.1. The molecule has 2 aromatic rings. The Morgan fingerprint density at radius 2 is 2.04 bits per heavy atom. The van der Waals surface area contributed by atoms with Crippen molar-refractivity contribution >= 4 is 5.91 Å². The van der Waals surface area contributed by atoms with Gasteiger partial charge in [0, 0.05) is 18.6 Å². The highest BCUT2D eigenvalue weighted by Crippen LogP contribution is 2.14. The molecule has 0 saturated carbocycles. The standard InChI is InChI=1S/C20H29N3O2/c1-6-16(5)21-20(24)18-13-25-19(22-18)12-23(14(2)3)11-17-9-7-8-15(4)10-17/h7-10,13-14,16H,6,11-12H2,1-5H3,(H,21,24). The molecule has 0 aliphatic carbocycles. The average molecular weight is 343 g/mol. The quantitative estimate of drug-likeness (QED) is 0.789. The van der Waals surface area contributed by atoms with Gasteiger partial charge in [-0.1, -0.05) is 36.8 Å². The summed E-state index contributed by atoms with van der Waals surface area (Å²) in [5.74, 6) is 0.384. The predicted molar refractivity (Wildman–Crippen MR) is 99.3 cm³/mol. The number of hydrogen-bond donors (Lipinski definition) is 1. The lowest BCUT2D eigenvalue weighted by Gasteiger charge is -2.25. The molecule has 1 aromatic heterocycles. The van der Waals surface area contributed by atoms with Crippen molar-refractivity contribution in [2.24, 2.45) is 0 Å². The third-order valence-corrected chi connectivity index (χ3v) is 4.31. The summed E-state index contributed by atoms with van der Waals surface area (Å²) in [4.78, 5) is 18.8. The van der Waals surface area contributed by atoms with E-state index in [-0.39, 0.29) is 11.9 Å². The van der Waals surface area contributed by atoms with Crippen LogP contribution in [0, 0.1) is 6.92 Å². The number of nitrogens with zero attached hydrogens (tertiary/aromatic N) is 2. The van der Waals surface area contributed by atoms with Gasteiger partial charge in [0.15, 0.2) is 5.69 Å². The molecule has 1 N–H and O–H groups in total. The number of nitrogens with one attached hydrogen (secondary N) is 1. The van der Waals surface area contributed by atoms with E-state index in [9.17, 15) is 4.79 Å². The Bertz CT molecular complexity index is 694. The van der Waals surface area contributed by atoms with E-state index in [1.165, 1.54) is 17.4 Å². The zero-order valence-corrected chi connectivity index (χ0v) is 15.9. The molecule has 0 fully saturated rings. The van der Waals surface area contributed by atoms with Crippen molar-refractivity contribution in [1.29, 1.82) is 0 Å². The number of hydrogen-bond acceptors (Lipinski definition) is 4. The molecule has 5 heteroatoms. The second-order valence-electron chi connectivity index (χ2n) is 6.90. The van der Waals surface area contributed by atoms with Crippen LogP contribution in [0.15, 0.2) is 34.9 Å². The van der Waals surface area contributed by atoms with Crippen molar-refractivity contribution < 1.29 is 9.21 Å². The van der Waals surface area contributed by atoms with E-state index in [1.54, 1.807) is 0 Å². The van der Waals surface area contributed by atoms with Gasteiger partial charge in [-0.2, -0.15) is 0 Å². The van der Waals surface area contributed by atoms with Gasteiger partial charge in [0.2, 0.25) is 5.89 Å². The molecule has 0 spiro atoms. The fourth-order valence-corrected chi connectivity index (χ4v) is 2.53. The Morgan fingerprint density at radius 1 is 1.28 bits per heavy atom. The molecule has 1 amide bonds. The van der Waals surface area contributed by atoms with Gasteiger partial charge in [-0.3, -0.25) is 9.69 Å². The molecular weight excluding hydrogens is 314 g/mol. The van der Waals surface area contributed by atoms with Crippen LogP contribution in [-0.2, 0) is 13.1 Å². The van der Waals surface area contributed by atoms with Crippen molar-refractivity contribution in [3.05, 3.63) is 53.2 Å². The first-order chi connectivity index (χ1) is 11.9. The van der Waals surface area contributed by atoms with Crippen molar-refractivity contribution in [3.63, 3.8) is 0 Å². The first kappa shape index (κ1) is 19.2. The Morgan fingerprint density at radius 3 is 2.68 bits per heavy atom. The minimum Gasteiger partial charge on any atom is -0.447 e. The minimum absolute atomic E-state index is 0.126. The van der Waals surface area contributed by atoms with Gasteiger partial charge in [0.1, 0.15) is 6.26 Å². The smallest absolute Gasteiger partial charge is 0.273 e. The van der Waals surface area contributed by atoms with Gasteiger partial charge in [-0.05, 0) is 39.7 Å². The van der Waals surface area contributed by atoms with Crippen LogP contribution >= 0.6 is 0 Å². The van der Waals surface area contributed by atoms with Crippen molar-refractivity contribution in [2.45, 2.75) is 66.2 Å². The SMILES string of the molecule is CCC(C)NC(=O)c1coc(CN(Cc2cccc(C)c2)C(C)C)n1. The van der Waals surface area contributed by atoms with Crippen molar-refractivity contribution in [2.75, 3.05) is 0 Å². The molecule has 1 heterocycles. The Hall–Kier alpha value is -2.14. The molecule has 2 rings (SSSR count). The highest BCUT2D eigenvalue weighted by molar-refractivity contribution is 5.92. The van der Waals surface area contributed by atoms with Crippen LogP contribution in [0.2, 0.25) is 0 Å². The number of oxazole rings is 1. The van der Waals surface area contributed by atoms with E-state index in [2.05, 4.69) is 60.2 Å². The third-order valence-electron chi connectivity index (χ3n) is 4.31. The Kier molecular flexibility index (Phi) is 6.76. The van der Waals surface area contributed by atoms with Gasteiger partial charge >= 0.3 is 0 Å². The lowest BCUT2D eigenvalue weighted by molar-refractivity contribution is 0.0934. The molecule has 1 unspecified atom stereocenters. The van der Waals surface area contributed by atoms with E-state index in [0.717, 1.165) is 13.0 Å². The normalized spacial score (nSPS) is 12.6. The van der Waals surface area contributed by atoms with E-state index in [0.29, 0.717) is 24.2 Å². The van der Waals surface area contributed by atoms with Crippen LogP contribution in [-0.4, -0.2) is 27.9 Å². The van der Waals surface area contributed by atoms with Crippen LogP contribution in [0.4, 0.5) is 0 Å². The largest absolute Gasteiger partial charge is 0.447 e. The lowest BCUT2D eigenvalue weighted by atomic mass is 10.1. The molecular formula is C20H29N3O2. The number of benzene rings is 1. The van der Waals surface area contributed by atoms with Crippen LogP contribution in [0.25, 0.3) is 0 Å². The number of carbonyl (C=O) groups excluding carboxylic acids is 1. The molecule has 0 aliphatic heterocycles. The molecule has 0 bridgehead atoms. The fraction of sp³-hybridized carbons (Fsp3) is 0.500. The fourth-order valence-electron chi connectivity index (χ4n) is 2.53. The van der Waals surface area contributed by atoms with Crippen molar-refractivity contribution in [3.8, 4) is 0 Å². The van der Waals surface area contributed by atoms with Gasteiger partial charge in [-0.25, -0.2) is 4.98 Å². The maximum Gasteiger partial charge on any atom is 0.273 e. The van der Waals surface area contributed by atoms with E-state index < -0.39 is 0 Å². The average Bonchev–Trinajstić information content (AvgIpc) is 3.02. The second kappa shape index (κ2) is 8.81. The van der Waals surface area contributed by atoms with E-state index in [4.69, 9.17) is 4.42 Å². The van der Waals surface area contributed by atoms with E-state index >= 15 is 0 Å². The van der Waals surface area contributed by atoms with Gasteiger partial charge in [0.25, 0.3) is 5.91 Å². The van der Waals surface area contributed by atoms with Gasteiger partial charge in [-0.15, -0.1) is 0 Å².